The molecular formula is C19H23N3O6S. The largest absolute Gasteiger partial charge is 0.474 e. The third kappa shape index (κ3) is 5.02. The summed E-state index contributed by atoms with van der Waals surface area (Å²) in [6.45, 7) is 3.87. The standard InChI is InChI=1S/C19H23N3O6S/c1-13-18(21-12-22-19(13)28-17-6-8-20-9-7-17)27-16-4-2-14(3-5-16)15-10-25-29(23,24)26-11-15/h2-5,12,15,17,20H,6-11H2,1H3. The molecule has 156 valence electrons. The van der Waals surface area contributed by atoms with Gasteiger partial charge in [0.25, 0.3) is 0 Å². The zero-order valence-electron chi connectivity index (χ0n) is 16.0. The average Bonchev–Trinajstić information content (AvgIpc) is 2.72. The number of aromatic nitrogens is 2. The molecule has 1 aromatic carbocycles. The van der Waals surface area contributed by atoms with Crippen LogP contribution in [0.5, 0.6) is 17.5 Å². The van der Waals surface area contributed by atoms with Crippen LogP contribution < -0.4 is 14.8 Å². The van der Waals surface area contributed by atoms with E-state index in [1.807, 2.05) is 19.1 Å². The van der Waals surface area contributed by atoms with Gasteiger partial charge in [0, 0.05) is 5.92 Å². The number of rotatable bonds is 5. The Morgan fingerprint density at radius 3 is 2.38 bits per heavy atom. The first-order chi connectivity index (χ1) is 14.0. The molecule has 2 aliphatic heterocycles. The molecule has 0 radical (unpaired) electrons. The molecule has 2 fully saturated rings. The van der Waals surface area contributed by atoms with Crippen LogP contribution in [0.25, 0.3) is 0 Å². The highest BCUT2D eigenvalue weighted by Gasteiger charge is 2.26. The lowest BCUT2D eigenvalue weighted by Crippen LogP contribution is -2.34. The maximum Gasteiger partial charge on any atom is 0.399 e. The second kappa shape index (κ2) is 8.62. The Labute approximate surface area is 169 Å². The van der Waals surface area contributed by atoms with E-state index in [1.54, 1.807) is 12.1 Å². The van der Waals surface area contributed by atoms with Gasteiger partial charge in [-0.05, 0) is 50.6 Å². The zero-order valence-corrected chi connectivity index (χ0v) is 16.9. The second-order valence-corrected chi connectivity index (χ2v) is 8.31. The van der Waals surface area contributed by atoms with Crippen molar-refractivity contribution in [2.45, 2.75) is 31.8 Å². The van der Waals surface area contributed by atoms with E-state index in [1.165, 1.54) is 6.33 Å². The van der Waals surface area contributed by atoms with Crippen molar-refractivity contribution >= 4 is 10.4 Å². The maximum absolute atomic E-state index is 11.2. The van der Waals surface area contributed by atoms with Crippen LogP contribution in [0.4, 0.5) is 0 Å². The smallest absolute Gasteiger partial charge is 0.399 e. The van der Waals surface area contributed by atoms with Crippen LogP contribution in [0, 0.1) is 6.92 Å². The molecule has 1 N–H and O–H groups in total. The van der Waals surface area contributed by atoms with E-state index in [0.717, 1.165) is 37.1 Å². The Balaban J connectivity index is 1.42. The van der Waals surface area contributed by atoms with Crippen LogP contribution in [0.1, 0.15) is 29.9 Å². The zero-order chi connectivity index (χ0) is 20.3. The Hall–Kier alpha value is -2.27. The van der Waals surface area contributed by atoms with Gasteiger partial charge >= 0.3 is 10.4 Å². The van der Waals surface area contributed by atoms with Gasteiger partial charge in [0.15, 0.2) is 0 Å². The van der Waals surface area contributed by atoms with E-state index in [4.69, 9.17) is 17.8 Å². The molecule has 9 nitrogen and oxygen atoms in total. The number of benzene rings is 1. The number of nitrogens with zero attached hydrogens (tertiary/aromatic N) is 2. The molecule has 1 aromatic heterocycles. The van der Waals surface area contributed by atoms with Gasteiger partial charge in [0.2, 0.25) is 11.8 Å². The molecular weight excluding hydrogens is 398 g/mol. The van der Waals surface area contributed by atoms with Crippen molar-refractivity contribution < 1.29 is 26.3 Å². The topological polar surface area (TPSA) is 109 Å². The summed E-state index contributed by atoms with van der Waals surface area (Å²) < 4.78 is 43.8. The van der Waals surface area contributed by atoms with Gasteiger partial charge in [-0.25, -0.2) is 18.3 Å². The number of hydrogen-bond acceptors (Lipinski definition) is 9. The molecule has 0 unspecified atom stereocenters. The molecule has 10 heteroatoms. The highest BCUT2D eigenvalue weighted by molar-refractivity contribution is 7.81. The third-order valence-electron chi connectivity index (χ3n) is 4.95. The molecule has 0 atom stereocenters. The molecule has 0 bridgehead atoms. The molecule has 0 aliphatic carbocycles. The van der Waals surface area contributed by atoms with Gasteiger partial charge in [-0.3, -0.25) is 0 Å². The number of hydrogen-bond donors (Lipinski definition) is 1. The van der Waals surface area contributed by atoms with Gasteiger partial charge in [-0.1, -0.05) is 12.1 Å². The van der Waals surface area contributed by atoms with Gasteiger partial charge in [0.1, 0.15) is 18.2 Å². The maximum atomic E-state index is 11.2. The van der Waals surface area contributed by atoms with Crippen molar-refractivity contribution in [1.29, 1.82) is 0 Å². The molecule has 0 spiro atoms. The summed E-state index contributed by atoms with van der Waals surface area (Å²) >= 11 is 0. The molecule has 3 heterocycles. The third-order valence-corrected chi connectivity index (χ3v) is 5.80. The van der Waals surface area contributed by atoms with Gasteiger partial charge in [-0.15, -0.1) is 0 Å². The fraction of sp³-hybridized carbons (Fsp3) is 0.474. The fourth-order valence-corrected chi connectivity index (χ4v) is 3.97. The van der Waals surface area contributed by atoms with Crippen LogP contribution in [0.15, 0.2) is 30.6 Å². The van der Waals surface area contributed by atoms with Gasteiger partial charge < -0.3 is 14.8 Å². The highest BCUT2D eigenvalue weighted by atomic mass is 32.3. The summed E-state index contributed by atoms with van der Waals surface area (Å²) in [6.07, 6.45) is 3.46. The molecule has 2 aromatic rings. The Kier molecular flexibility index (Phi) is 5.95. The monoisotopic (exact) mass is 421 g/mol. The normalized spacial score (nSPS) is 20.3. The molecule has 2 saturated heterocycles. The first-order valence-corrected chi connectivity index (χ1v) is 10.8. The van der Waals surface area contributed by atoms with Crippen molar-refractivity contribution in [2.75, 3.05) is 26.3 Å². The lowest BCUT2D eigenvalue weighted by Gasteiger charge is -2.24. The second-order valence-electron chi connectivity index (χ2n) is 7.02. The molecule has 2 aliphatic rings. The van der Waals surface area contributed by atoms with Crippen molar-refractivity contribution in [2.24, 2.45) is 0 Å². The number of piperidine rings is 1. The van der Waals surface area contributed by atoms with E-state index in [2.05, 4.69) is 15.3 Å². The molecule has 4 rings (SSSR count). The predicted molar refractivity (Wildman–Crippen MR) is 103 cm³/mol. The van der Waals surface area contributed by atoms with Crippen LogP contribution in [0.3, 0.4) is 0 Å². The minimum absolute atomic E-state index is 0.0605. The van der Waals surface area contributed by atoms with E-state index in [9.17, 15) is 8.42 Å². The number of nitrogens with one attached hydrogen (secondary N) is 1. The summed E-state index contributed by atoms with van der Waals surface area (Å²) in [4.78, 5) is 8.47. The van der Waals surface area contributed by atoms with Crippen molar-refractivity contribution in [1.82, 2.24) is 15.3 Å². The van der Waals surface area contributed by atoms with Crippen molar-refractivity contribution in [3.63, 3.8) is 0 Å². The van der Waals surface area contributed by atoms with Crippen LogP contribution >= 0.6 is 0 Å². The minimum atomic E-state index is -3.85. The molecule has 0 amide bonds. The summed E-state index contributed by atoms with van der Waals surface area (Å²) in [7, 11) is -3.85. The van der Waals surface area contributed by atoms with Crippen LogP contribution in [-0.2, 0) is 18.8 Å². The van der Waals surface area contributed by atoms with Crippen LogP contribution in [0.2, 0.25) is 0 Å². The van der Waals surface area contributed by atoms with E-state index >= 15 is 0 Å². The average molecular weight is 421 g/mol. The fourth-order valence-electron chi connectivity index (χ4n) is 3.24. The van der Waals surface area contributed by atoms with E-state index in [0.29, 0.717) is 17.5 Å². The van der Waals surface area contributed by atoms with E-state index < -0.39 is 10.4 Å². The first-order valence-electron chi connectivity index (χ1n) is 9.51. The summed E-state index contributed by atoms with van der Waals surface area (Å²) in [5.74, 6) is 1.43. The first kappa shape index (κ1) is 20.0. The van der Waals surface area contributed by atoms with Crippen molar-refractivity contribution in [3.05, 3.63) is 41.7 Å². The van der Waals surface area contributed by atoms with E-state index in [-0.39, 0.29) is 25.2 Å². The quantitative estimate of drug-likeness (QED) is 0.776. The molecule has 0 saturated carbocycles. The lowest BCUT2D eigenvalue weighted by molar-refractivity contribution is 0.135. The summed E-state index contributed by atoms with van der Waals surface area (Å²) in [5.41, 5.74) is 1.65. The number of ether oxygens (including phenoxy) is 2. The van der Waals surface area contributed by atoms with Crippen molar-refractivity contribution in [3.8, 4) is 17.5 Å². The highest BCUT2D eigenvalue weighted by Crippen LogP contribution is 2.30. The van der Waals surface area contributed by atoms with Gasteiger partial charge in [0.05, 0.1) is 18.8 Å². The Bertz CT molecular complexity index is 931. The Morgan fingerprint density at radius 2 is 1.69 bits per heavy atom. The summed E-state index contributed by atoms with van der Waals surface area (Å²) in [6, 6.07) is 7.31. The van der Waals surface area contributed by atoms with Crippen LogP contribution in [-0.4, -0.2) is 50.8 Å². The minimum Gasteiger partial charge on any atom is -0.474 e. The van der Waals surface area contributed by atoms with Gasteiger partial charge in [-0.2, -0.15) is 8.42 Å². The summed E-state index contributed by atoms with van der Waals surface area (Å²) in [5, 5.41) is 3.31. The lowest BCUT2D eigenvalue weighted by atomic mass is 10.0. The predicted octanol–water partition coefficient (Wildman–Crippen LogP) is 2.08. The SMILES string of the molecule is Cc1c(Oc2ccc(C3COS(=O)(=O)OC3)cc2)ncnc1OC1CCNCC1. The molecule has 29 heavy (non-hydrogen) atoms. The Morgan fingerprint density at radius 1 is 1.03 bits per heavy atom.